The van der Waals surface area contributed by atoms with Gasteiger partial charge >= 0.3 is 0 Å². The minimum atomic E-state index is 0.414. The third-order valence-corrected chi connectivity index (χ3v) is 2.44. The molecule has 2 rings (SSSR count). The fourth-order valence-electron chi connectivity index (χ4n) is 1.56. The van der Waals surface area contributed by atoms with Crippen LogP contribution < -0.4 is 11.1 Å². The largest absolute Gasteiger partial charge is 0.370 e. The molecule has 5 nitrogen and oxygen atoms in total. The third kappa shape index (κ3) is 1.98. The van der Waals surface area contributed by atoms with Gasteiger partial charge in [0.2, 0.25) is 0 Å². The van der Waals surface area contributed by atoms with Crippen LogP contribution >= 0.6 is 0 Å². The smallest absolute Gasteiger partial charge is 0.188 e. The maximum Gasteiger partial charge on any atom is 0.188 e. The number of nitrogens with one attached hydrogen (secondary N) is 2. The lowest BCUT2D eigenvalue weighted by molar-refractivity contribution is 0.842. The average molecular weight is 217 g/mol. The maximum atomic E-state index is 5.54. The summed E-state index contributed by atoms with van der Waals surface area (Å²) in [5, 5.41) is 2.96. The molecule has 16 heavy (non-hydrogen) atoms. The van der Waals surface area contributed by atoms with E-state index in [1.165, 1.54) is 0 Å². The van der Waals surface area contributed by atoms with E-state index in [0.29, 0.717) is 12.5 Å². The van der Waals surface area contributed by atoms with E-state index in [2.05, 4.69) is 20.3 Å². The number of aromatic amines is 1. The molecule has 0 saturated heterocycles. The first-order valence-corrected chi connectivity index (χ1v) is 5.11. The Labute approximate surface area is 93.8 Å². The number of hydrogen-bond acceptors (Lipinski definition) is 2. The molecule has 4 N–H and O–H groups in total. The first-order chi connectivity index (χ1) is 7.70. The monoisotopic (exact) mass is 217 g/mol. The summed E-state index contributed by atoms with van der Waals surface area (Å²) in [4.78, 5) is 11.5. The van der Waals surface area contributed by atoms with Gasteiger partial charge in [-0.15, -0.1) is 0 Å². The van der Waals surface area contributed by atoms with Gasteiger partial charge in [-0.1, -0.05) is 12.1 Å². The average Bonchev–Trinajstić information content (AvgIpc) is 2.70. The van der Waals surface area contributed by atoms with Gasteiger partial charge in [0, 0.05) is 7.05 Å². The molecule has 0 radical (unpaired) electrons. The normalized spacial score (nSPS) is 12.0. The molecule has 84 valence electrons. The van der Waals surface area contributed by atoms with Gasteiger partial charge in [-0.3, -0.25) is 4.99 Å². The number of hydrogen-bond donors (Lipinski definition) is 3. The van der Waals surface area contributed by atoms with E-state index in [1.54, 1.807) is 7.05 Å². The zero-order valence-electron chi connectivity index (χ0n) is 9.41. The molecule has 0 aliphatic heterocycles. The van der Waals surface area contributed by atoms with Crippen molar-refractivity contribution in [3.8, 4) is 0 Å². The lowest BCUT2D eigenvalue weighted by atomic mass is 10.2. The van der Waals surface area contributed by atoms with E-state index in [1.807, 2.05) is 25.1 Å². The van der Waals surface area contributed by atoms with E-state index in [4.69, 9.17) is 5.73 Å². The molecule has 0 aliphatic rings. The lowest BCUT2D eigenvalue weighted by Crippen LogP contribution is -2.31. The zero-order valence-corrected chi connectivity index (χ0v) is 9.41. The Bertz CT molecular complexity index is 526. The van der Waals surface area contributed by atoms with Crippen molar-refractivity contribution in [2.75, 3.05) is 7.05 Å². The Morgan fingerprint density at radius 3 is 3.06 bits per heavy atom. The zero-order chi connectivity index (χ0) is 11.5. The first-order valence-electron chi connectivity index (χ1n) is 5.11. The van der Waals surface area contributed by atoms with Crippen LogP contribution in [0.25, 0.3) is 11.0 Å². The van der Waals surface area contributed by atoms with Crippen LogP contribution in [0.5, 0.6) is 0 Å². The number of para-hydroxylation sites is 1. The molecule has 0 fully saturated rings. The van der Waals surface area contributed by atoms with Gasteiger partial charge in [0.05, 0.1) is 17.6 Å². The number of rotatable bonds is 2. The second-order valence-electron chi connectivity index (χ2n) is 3.62. The van der Waals surface area contributed by atoms with Crippen molar-refractivity contribution in [3.63, 3.8) is 0 Å². The van der Waals surface area contributed by atoms with Gasteiger partial charge in [-0.25, -0.2) is 4.98 Å². The van der Waals surface area contributed by atoms with E-state index in [0.717, 1.165) is 22.4 Å². The van der Waals surface area contributed by atoms with E-state index in [9.17, 15) is 0 Å². The van der Waals surface area contributed by atoms with Crippen LogP contribution in [0, 0.1) is 6.92 Å². The van der Waals surface area contributed by atoms with Crippen LogP contribution in [0.3, 0.4) is 0 Å². The van der Waals surface area contributed by atoms with Crippen molar-refractivity contribution in [2.45, 2.75) is 13.5 Å². The number of aromatic nitrogens is 2. The predicted octanol–water partition coefficient (Wildman–Crippen LogP) is 0.905. The SMILES string of the molecule is CN=C(N)NCc1nc2c(C)cccc2[nH]1. The first kappa shape index (κ1) is 10.5. The second kappa shape index (κ2) is 4.22. The second-order valence-corrected chi connectivity index (χ2v) is 3.62. The number of nitrogens with zero attached hydrogens (tertiary/aromatic N) is 2. The van der Waals surface area contributed by atoms with Gasteiger partial charge < -0.3 is 16.0 Å². The highest BCUT2D eigenvalue weighted by atomic mass is 15.1. The summed E-state index contributed by atoms with van der Waals surface area (Å²) in [6.45, 7) is 2.60. The molecule has 0 atom stereocenters. The Morgan fingerprint density at radius 1 is 1.56 bits per heavy atom. The Kier molecular flexibility index (Phi) is 2.76. The fraction of sp³-hybridized carbons (Fsp3) is 0.273. The summed E-state index contributed by atoms with van der Waals surface area (Å²) < 4.78 is 0. The van der Waals surface area contributed by atoms with Crippen LogP contribution in [-0.2, 0) is 6.54 Å². The molecule has 2 aromatic rings. The summed E-state index contributed by atoms with van der Waals surface area (Å²) in [6.07, 6.45) is 0. The highest BCUT2D eigenvalue weighted by Gasteiger charge is 2.04. The van der Waals surface area contributed by atoms with Crippen molar-refractivity contribution in [3.05, 3.63) is 29.6 Å². The van der Waals surface area contributed by atoms with Crippen molar-refractivity contribution < 1.29 is 0 Å². The molecular weight excluding hydrogens is 202 g/mol. The van der Waals surface area contributed by atoms with Crippen molar-refractivity contribution in [1.82, 2.24) is 15.3 Å². The molecule has 1 heterocycles. The highest BCUT2D eigenvalue weighted by Crippen LogP contribution is 2.15. The van der Waals surface area contributed by atoms with Crippen molar-refractivity contribution >= 4 is 17.0 Å². The molecular formula is C11H15N5. The van der Waals surface area contributed by atoms with E-state index >= 15 is 0 Å². The summed E-state index contributed by atoms with van der Waals surface area (Å²) in [5.74, 6) is 1.27. The van der Waals surface area contributed by atoms with Crippen LogP contribution in [0.15, 0.2) is 23.2 Å². The summed E-state index contributed by atoms with van der Waals surface area (Å²) >= 11 is 0. The topological polar surface area (TPSA) is 79.1 Å². The molecule has 0 amide bonds. The maximum absolute atomic E-state index is 5.54. The number of benzene rings is 1. The van der Waals surface area contributed by atoms with Crippen LogP contribution in [0.1, 0.15) is 11.4 Å². The van der Waals surface area contributed by atoms with Crippen molar-refractivity contribution in [1.29, 1.82) is 0 Å². The molecule has 0 unspecified atom stereocenters. The molecule has 0 aliphatic carbocycles. The Hall–Kier alpha value is -2.04. The number of guanidine groups is 1. The lowest BCUT2D eigenvalue weighted by Gasteiger charge is -2.00. The summed E-state index contributed by atoms with van der Waals surface area (Å²) in [5.41, 5.74) is 8.76. The minimum absolute atomic E-state index is 0.414. The van der Waals surface area contributed by atoms with Gasteiger partial charge in [-0.05, 0) is 18.6 Å². The van der Waals surface area contributed by atoms with Crippen LogP contribution in [0.4, 0.5) is 0 Å². The van der Waals surface area contributed by atoms with Gasteiger partial charge in [0.25, 0.3) is 0 Å². The predicted molar refractivity (Wildman–Crippen MR) is 65.2 cm³/mol. The van der Waals surface area contributed by atoms with Crippen molar-refractivity contribution in [2.24, 2.45) is 10.7 Å². The van der Waals surface area contributed by atoms with Gasteiger partial charge in [0.15, 0.2) is 5.96 Å². The van der Waals surface area contributed by atoms with Crippen LogP contribution in [0.2, 0.25) is 0 Å². The number of aliphatic imine (C=N–C) groups is 1. The Balaban J connectivity index is 2.23. The standard InChI is InChI=1S/C11H15N5/c1-7-4-3-5-8-10(7)16-9(15-8)6-14-11(12)13-2/h3-5H,6H2,1-2H3,(H,15,16)(H3,12,13,14). The number of nitrogens with two attached hydrogens (primary N) is 1. The molecule has 1 aromatic carbocycles. The molecule has 0 spiro atoms. The number of H-pyrrole nitrogens is 1. The van der Waals surface area contributed by atoms with Gasteiger partial charge in [0.1, 0.15) is 5.82 Å². The van der Waals surface area contributed by atoms with E-state index in [-0.39, 0.29) is 0 Å². The molecule has 0 saturated carbocycles. The highest BCUT2D eigenvalue weighted by molar-refractivity contribution is 5.79. The number of fused-ring (bicyclic) bond motifs is 1. The number of imidazole rings is 1. The summed E-state index contributed by atoms with van der Waals surface area (Å²) in [6, 6.07) is 6.06. The van der Waals surface area contributed by atoms with Gasteiger partial charge in [-0.2, -0.15) is 0 Å². The van der Waals surface area contributed by atoms with Crippen LogP contribution in [-0.4, -0.2) is 23.0 Å². The van der Waals surface area contributed by atoms with E-state index < -0.39 is 0 Å². The quantitative estimate of drug-likeness (QED) is 0.516. The summed E-state index contributed by atoms with van der Waals surface area (Å²) in [7, 11) is 1.64. The minimum Gasteiger partial charge on any atom is -0.370 e. The number of aryl methyl sites for hydroxylation is 1. The molecule has 0 bridgehead atoms. The molecule has 5 heteroatoms. The molecule has 1 aromatic heterocycles. The Morgan fingerprint density at radius 2 is 2.38 bits per heavy atom. The fourth-order valence-corrected chi connectivity index (χ4v) is 1.56. The third-order valence-electron chi connectivity index (χ3n) is 2.44.